The van der Waals surface area contributed by atoms with Gasteiger partial charge in [-0.1, -0.05) is 23.2 Å². The zero-order valence-corrected chi connectivity index (χ0v) is 12.8. The van der Waals surface area contributed by atoms with Crippen LogP contribution in [0.3, 0.4) is 0 Å². The minimum Gasteiger partial charge on any atom is -0.395 e. The molecule has 0 saturated heterocycles. The first kappa shape index (κ1) is 17.9. The number of aliphatic hydroxyl groups excluding tert-OH is 1. The molecule has 114 valence electrons. The van der Waals surface area contributed by atoms with Gasteiger partial charge in [0.15, 0.2) is 0 Å². The van der Waals surface area contributed by atoms with E-state index in [-0.39, 0.29) is 19.7 Å². The van der Waals surface area contributed by atoms with E-state index in [1.54, 1.807) is 18.2 Å². The third-order valence-electron chi connectivity index (χ3n) is 2.38. The van der Waals surface area contributed by atoms with Crippen molar-refractivity contribution in [3.63, 3.8) is 0 Å². The van der Waals surface area contributed by atoms with E-state index in [1.807, 2.05) is 0 Å². The summed E-state index contributed by atoms with van der Waals surface area (Å²) >= 11 is 13.1. The van der Waals surface area contributed by atoms with Crippen molar-refractivity contribution >= 4 is 35.0 Å². The zero-order valence-electron chi connectivity index (χ0n) is 10.5. The summed E-state index contributed by atoms with van der Waals surface area (Å²) in [6, 6.07) is 4.97. The molecule has 1 rings (SSSR count). The summed E-state index contributed by atoms with van der Waals surface area (Å²) in [6.45, 7) is -1.15. The lowest BCUT2D eigenvalue weighted by molar-refractivity contribution is -0.146. The Hall–Kier alpha value is -0.140. The minimum absolute atomic E-state index is 0.0106. The molecule has 1 aromatic rings. The summed E-state index contributed by atoms with van der Waals surface area (Å²) in [6.07, 6.45) is -4.27. The molecule has 2 nitrogen and oxygen atoms in total. The molecular formula is C12H14Cl2F3NOS. The fraction of sp³-hybridized carbons (Fsp3) is 0.500. The Balaban J connectivity index is 2.49. The quantitative estimate of drug-likeness (QED) is 0.755. The van der Waals surface area contributed by atoms with Crippen molar-refractivity contribution in [1.82, 2.24) is 4.90 Å². The highest BCUT2D eigenvalue weighted by Gasteiger charge is 2.30. The summed E-state index contributed by atoms with van der Waals surface area (Å²) < 4.78 is 37.0. The van der Waals surface area contributed by atoms with Gasteiger partial charge >= 0.3 is 6.18 Å². The molecule has 0 bridgehead atoms. The van der Waals surface area contributed by atoms with E-state index in [2.05, 4.69) is 0 Å². The normalized spacial score (nSPS) is 12.2. The highest BCUT2D eigenvalue weighted by atomic mass is 35.5. The average Bonchev–Trinajstić information content (AvgIpc) is 2.32. The molecule has 1 N–H and O–H groups in total. The molecule has 0 atom stereocenters. The molecule has 0 radical (unpaired) electrons. The van der Waals surface area contributed by atoms with Crippen LogP contribution in [0.15, 0.2) is 23.1 Å². The number of hydrogen-bond donors (Lipinski definition) is 1. The summed E-state index contributed by atoms with van der Waals surface area (Å²) in [5.74, 6) is 0.427. The molecule has 0 aliphatic carbocycles. The summed E-state index contributed by atoms with van der Waals surface area (Å²) in [5.41, 5.74) is 0. The molecule has 0 saturated carbocycles. The minimum atomic E-state index is -4.27. The fourth-order valence-corrected chi connectivity index (χ4v) is 3.04. The van der Waals surface area contributed by atoms with Crippen LogP contribution in [0.1, 0.15) is 0 Å². The van der Waals surface area contributed by atoms with Crippen LogP contribution in [0, 0.1) is 0 Å². The second-order valence-electron chi connectivity index (χ2n) is 4.04. The number of rotatable bonds is 7. The Morgan fingerprint density at radius 1 is 1.20 bits per heavy atom. The van der Waals surface area contributed by atoms with Crippen molar-refractivity contribution in [3.05, 3.63) is 28.2 Å². The second kappa shape index (κ2) is 8.34. The smallest absolute Gasteiger partial charge is 0.395 e. The van der Waals surface area contributed by atoms with E-state index < -0.39 is 12.7 Å². The summed E-state index contributed by atoms with van der Waals surface area (Å²) in [4.78, 5) is 1.89. The van der Waals surface area contributed by atoms with Crippen LogP contribution in [-0.2, 0) is 0 Å². The average molecular weight is 348 g/mol. The molecule has 0 aromatic heterocycles. The van der Waals surface area contributed by atoms with Crippen LogP contribution < -0.4 is 0 Å². The molecule has 0 aliphatic heterocycles. The topological polar surface area (TPSA) is 23.5 Å². The van der Waals surface area contributed by atoms with Gasteiger partial charge < -0.3 is 5.11 Å². The van der Waals surface area contributed by atoms with Gasteiger partial charge in [0.05, 0.1) is 18.2 Å². The van der Waals surface area contributed by atoms with E-state index >= 15 is 0 Å². The molecule has 0 fully saturated rings. The lowest BCUT2D eigenvalue weighted by Crippen LogP contribution is -2.37. The molecule has 20 heavy (non-hydrogen) atoms. The van der Waals surface area contributed by atoms with Crippen molar-refractivity contribution in [2.24, 2.45) is 0 Å². The molecular weight excluding hydrogens is 334 g/mol. The molecule has 0 unspecified atom stereocenters. The van der Waals surface area contributed by atoms with Crippen LogP contribution in [-0.4, -0.2) is 48.2 Å². The van der Waals surface area contributed by atoms with Crippen molar-refractivity contribution < 1.29 is 18.3 Å². The molecule has 1 aromatic carbocycles. The molecule has 8 heteroatoms. The number of thioether (sulfide) groups is 1. The fourth-order valence-electron chi connectivity index (χ4n) is 1.54. The van der Waals surface area contributed by atoms with Gasteiger partial charge in [0.2, 0.25) is 0 Å². The van der Waals surface area contributed by atoms with Crippen molar-refractivity contribution in [2.75, 3.05) is 32.0 Å². The van der Waals surface area contributed by atoms with Crippen molar-refractivity contribution in [2.45, 2.75) is 11.1 Å². The second-order valence-corrected chi connectivity index (χ2v) is 6.02. The zero-order chi connectivity index (χ0) is 15.2. The third kappa shape index (κ3) is 7.04. The van der Waals surface area contributed by atoms with Gasteiger partial charge in [-0.3, -0.25) is 4.90 Å². The molecule has 0 spiro atoms. The number of halogens is 5. The molecule has 0 aliphatic rings. The van der Waals surface area contributed by atoms with Crippen LogP contribution in [0.5, 0.6) is 0 Å². The number of nitrogens with zero attached hydrogens (tertiary/aromatic N) is 1. The highest BCUT2D eigenvalue weighted by Crippen LogP contribution is 2.30. The van der Waals surface area contributed by atoms with Crippen LogP contribution in [0.4, 0.5) is 13.2 Å². The van der Waals surface area contributed by atoms with Gasteiger partial charge in [0, 0.05) is 28.8 Å². The van der Waals surface area contributed by atoms with Crippen LogP contribution >= 0.6 is 35.0 Å². The van der Waals surface area contributed by atoms with E-state index in [0.717, 1.165) is 9.80 Å². The van der Waals surface area contributed by atoms with Crippen molar-refractivity contribution in [3.8, 4) is 0 Å². The van der Waals surface area contributed by atoms with Gasteiger partial charge in [-0.15, -0.1) is 11.8 Å². The Labute approximate surface area is 129 Å². The lowest BCUT2D eigenvalue weighted by Gasteiger charge is -2.22. The van der Waals surface area contributed by atoms with Crippen LogP contribution in [0.2, 0.25) is 10.0 Å². The molecule has 0 amide bonds. The number of alkyl halides is 3. The number of aliphatic hydroxyl groups is 1. The maximum atomic E-state index is 12.3. The first-order valence-electron chi connectivity index (χ1n) is 5.79. The highest BCUT2D eigenvalue weighted by molar-refractivity contribution is 7.99. The van der Waals surface area contributed by atoms with Gasteiger partial charge in [-0.2, -0.15) is 13.2 Å². The Morgan fingerprint density at radius 3 is 2.50 bits per heavy atom. The monoisotopic (exact) mass is 347 g/mol. The van der Waals surface area contributed by atoms with Gasteiger partial charge in [-0.05, 0) is 18.2 Å². The van der Waals surface area contributed by atoms with Gasteiger partial charge in [-0.25, -0.2) is 0 Å². The van der Waals surface area contributed by atoms with E-state index in [4.69, 9.17) is 28.3 Å². The maximum Gasteiger partial charge on any atom is 0.401 e. The number of hydrogen-bond acceptors (Lipinski definition) is 3. The van der Waals surface area contributed by atoms with Crippen LogP contribution in [0.25, 0.3) is 0 Å². The Morgan fingerprint density at radius 2 is 1.90 bits per heavy atom. The van der Waals surface area contributed by atoms with E-state index in [9.17, 15) is 13.2 Å². The van der Waals surface area contributed by atoms with Crippen molar-refractivity contribution in [1.29, 1.82) is 0 Å². The standard InChI is InChI=1S/C12H14Cl2F3NOS/c13-9-1-2-10(14)11(7-9)20-6-4-18(3-5-19)8-12(15,16)17/h1-2,7,19H,3-6,8H2. The summed E-state index contributed by atoms with van der Waals surface area (Å²) in [7, 11) is 0. The van der Waals surface area contributed by atoms with Gasteiger partial charge in [0.1, 0.15) is 0 Å². The Bertz CT molecular complexity index is 432. The first-order chi connectivity index (χ1) is 9.31. The lowest BCUT2D eigenvalue weighted by atomic mass is 10.4. The predicted molar refractivity (Wildman–Crippen MR) is 76.8 cm³/mol. The van der Waals surface area contributed by atoms with Gasteiger partial charge in [0.25, 0.3) is 0 Å². The first-order valence-corrected chi connectivity index (χ1v) is 7.54. The Kier molecular flexibility index (Phi) is 7.47. The number of benzene rings is 1. The van der Waals surface area contributed by atoms with E-state index in [0.29, 0.717) is 15.8 Å². The maximum absolute atomic E-state index is 12.3. The predicted octanol–water partition coefficient (Wildman–Crippen LogP) is 3.94. The van der Waals surface area contributed by atoms with E-state index in [1.165, 1.54) is 11.8 Å². The summed E-state index contributed by atoms with van der Waals surface area (Å²) in [5, 5.41) is 9.82. The third-order valence-corrected chi connectivity index (χ3v) is 4.09. The molecule has 0 heterocycles. The SMILES string of the molecule is OCCN(CCSc1cc(Cl)ccc1Cl)CC(F)(F)F. The largest absolute Gasteiger partial charge is 0.401 e.